The van der Waals surface area contributed by atoms with Gasteiger partial charge in [0.05, 0.1) is 12.7 Å². The second-order valence-corrected chi connectivity index (χ2v) is 17.1. The molecule has 9 nitrogen and oxygen atoms in total. The smallest absolute Gasteiger partial charge is 0.393 e. The molecule has 11 atom stereocenters. The topological polar surface area (TPSA) is 154 Å². The number of aliphatic hydroxyl groups excluding tert-OH is 2. The van der Waals surface area contributed by atoms with Gasteiger partial charge in [0.25, 0.3) is 0 Å². The van der Waals surface area contributed by atoms with E-state index in [0.29, 0.717) is 53.4 Å². The van der Waals surface area contributed by atoms with E-state index >= 15 is 0 Å². The number of aliphatic hydroxyl groups is 2. The Labute approximate surface area is 268 Å². The van der Waals surface area contributed by atoms with E-state index in [2.05, 4.69) is 31.4 Å². The Bertz CT molecular complexity index is 1020. The van der Waals surface area contributed by atoms with Gasteiger partial charge in [-0.2, -0.15) is 8.42 Å². The Morgan fingerprint density at radius 3 is 2.39 bits per heavy atom. The van der Waals surface area contributed by atoms with Gasteiger partial charge in [-0.05, 0) is 156 Å². The van der Waals surface area contributed by atoms with Crippen molar-refractivity contribution < 1.29 is 27.4 Å². The van der Waals surface area contributed by atoms with E-state index in [9.17, 15) is 18.6 Å². The second-order valence-electron chi connectivity index (χ2n) is 16.0. The van der Waals surface area contributed by atoms with Crippen LogP contribution >= 0.6 is 0 Å². The van der Waals surface area contributed by atoms with Gasteiger partial charge in [-0.3, -0.25) is 4.55 Å². The summed E-state index contributed by atoms with van der Waals surface area (Å²) in [5, 5.41) is 28.9. The van der Waals surface area contributed by atoms with Crippen LogP contribution in [0.3, 0.4) is 0 Å². The van der Waals surface area contributed by atoms with Crippen molar-refractivity contribution in [3.63, 3.8) is 0 Å². The maximum absolute atomic E-state index is 11.8. The Morgan fingerprint density at radius 1 is 0.977 bits per heavy atom. The van der Waals surface area contributed by atoms with E-state index in [1.165, 1.54) is 51.9 Å². The molecule has 258 valence electrons. The van der Waals surface area contributed by atoms with Gasteiger partial charge < -0.3 is 26.6 Å². The van der Waals surface area contributed by atoms with E-state index < -0.39 is 22.6 Å². The predicted octanol–water partition coefficient (Wildman–Crippen LogP) is 4.67. The first-order valence-corrected chi connectivity index (χ1v) is 19.2. The van der Waals surface area contributed by atoms with Gasteiger partial charge in [-0.15, -0.1) is 0 Å². The minimum Gasteiger partial charge on any atom is -0.393 e. The van der Waals surface area contributed by atoms with Gasteiger partial charge in [-0.1, -0.05) is 33.6 Å². The van der Waals surface area contributed by atoms with E-state index in [4.69, 9.17) is 14.5 Å². The lowest BCUT2D eigenvalue weighted by molar-refractivity contribution is -0.167. The van der Waals surface area contributed by atoms with Gasteiger partial charge >= 0.3 is 10.4 Å². The van der Waals surface area contributed by atoms with Crippen LogP contribution in [0.15, 0.2) is 0 Å². The lowest BCUT2D eigenvalue weighted by Crippen LogP contribution is -2.59. The fourth-order valence-electron chi connectivity index (χ4n) is 10.8. The Kier molecular flexibility index (Phi) is 12.7. The molecule has 4 rings (SSSR count). The van der Waals surface area contributed by atoms with Crippen molar-refractivity contribution in [1.29, 1.82) is 0 Å². The fraction of sp³-hybridized carbons (Fsp3) is 1.00. The molecule has 4 aliphatic carbocycles. The summed E-state index contributed by atoms with van der Waals surface area (Å²) in [6.45, 7) is 12.4. The van der Waals surface area contributed by atoms with E-state index in [1.807, 2.05) is 0 Å². The van der Waals surface area contributed by atoms with Crippen molar-refractivity contribution in [1.82, 2.24) is 10.6 Å². The third kappa shape index (κ3) is 8.38. The van der Waals surface area contributed by atoms with E-state index in [0.717, 1.165) is 64.7 Å². The SMILES string of the molecule is CC(CCCC(C)(CO)OS(=O)(=O)O)[C@H]1CCC2C3C(CC[C@@]21C)[C@@]1(C)CC[C@H](NCCCNCCCCN)C[C@@H]1C[C@H]3O. The lowest BCUT2D eigenvalue weighted by atomic mass is 9.43. The van der Waals surface area contributed by atoms with Crippen LogP contribution in [0.2, 0.25) is 0 Å². The largest absolute Gasteiger partial charge is 0.397 e. The summed E-state index contributed by atoms with van der Waals surface area (Å²) < 4.78 is 36.5. The maximum Gasteiger partial charge on any atom is 0.397 e. The van der Waals surface area contributed by atoms with E-state index in [1.54, 1.807) is 0 Å². The molecule has 10 heteroatoms. The minimum atomic E-state index is -4.62. The molecule has 0 heterocycles. The van der Waals surface area contributed by atoms with Crippen LogP contribution < -0.4 is 16.4 Å². The summed E-state index contributed by atoms with van der Waals surface area (Å²) in [6.07, 6.45) is 14.6. The molecule has 0 spiro atoms. The third-order valence-corrected chi connectivity index (χ3v) is 13.8. The molecule has 4 saturated carbocycles. The Hall–Kier alpha value is -0.330. The van der Waals surface area contributed by atoms with Crippen LogP contribution in [0.25, 0.3) is 0 Å². The number of nitrogens with one attached hydrogen (secondary N) is 2. The molecular weight excluding hydrogens is 578 g/mol. The summed E-state index contributed by atoms with van der Waals surface area (Å²) in [5.74, 6) is 3.17. The number of rotatable bonds is 17. The normalized spacial score (nSPS) is 39.2. The molecule has 4 aliphatic rings. The van der Waals surface area contributed by atoms with Gasteiger partial charge in [-0.25, -0.2) is 4.18 Å². The quantitative estimate of drug-likeness (QED) is 0.0980. The molecule has 0 aromatic rings. The number of fused-ring (bicyclic) bond motifs is 5. The van der Waals surface area contributed by atoms with Crippen molar-refractivity contribution in [2.45, 2.75) is 135 Å². The highest BCUT2D eigenvalue weighted by Crippen LogP contribution is 2.68. The second kappa shape index (κ2) is 15.3. The van der Waals surface area contributed by atoms with Crippen molar-refractivity contribution in [2.75, 3.05) is 32.8 Å². The van der Waals surface area contributed by atoms with Gasteiger partial charge in [0, 0.05) is 6.04 Å². The molecule has 0 radical (unpaired) electrons. The Balaban J connectivity index is 1.30. The fourth-order valence-corrected chi connectivity index (χ4v) is 11.5. The molecule has 0 aromatic heterocycles. The zero-order chi connectivity index (χ0) is 32.2. The minimum absolute atomic E-state index is 0.212. The molecule has 7 N–H and O–H groups in total. The molecular formula is C34H65N3O6S. The summed E-state index contributed by atoms with van der Waals surface area (Å²) in [4.78, 5) is 0. The monoisotopic (exact) mass is 643 g/mol. The molecule has 5 unspecified atom stereocenters. The van der Waals surface area contributed by atoms with Gasteiger partial charge in [0.15, 0.2) is 0 Å². The number of unbranched alkanes of at least 4 members (excludes halogenated alkanes) is 1. The molecule has 0 amide bonds. The van der Waals surface area contributed by atoms with Crippen molar-refractivity contribution in [2.24, 2.45) is 52.1 Å². The third-order valence-electron chi connectivity index (χ3n) is 13.2. The molecule has 0 saturated heterocycles. The number of hydrogen-bond acceptors (Lipinski definition) is 8. The predicted molar refractivity (Wildman–Crippen MR) is 175 cm³/mol. The zero-order valence-corrected chi connectivity index (χ0v) is 28.9. The van der Waals surface area contributed by atoms with Crippen LogP contribution in [-0.2, 0) is 14.6 Å². The highest BCUT2D eigenvalue weighted by Gasteiger charge is 2.62. The van der Waals surface area contributed by atoms with Crippen LogP contribution in [0, 0.1) is 46.3 Å². The van der Waals surface area contributed by atoms with Crippen LogP contribution in [0.4, 0.5) is 0 Å². The number of hydrogen-bond donors (Lipinski definition) is 6. The highest BCUT2D eigenvalue weighted by atomic mass is 32.3. The standard InChI is InChI=1S/C34H65N3O6S/c1-24(9-7-14-32(2,23-38)43-44(40,41)42)27-10-11-28-31-29(13-16-34(27,28)4)33(3)15-12-26(21-25(33)22-30(31)39)37-20-8-19-36-18-6-5-17-35/h24-31,36-39H,5-23,35H2,1-4H3,(H,40,41,42)/t24?,25-,26+,27-,28?,29?,30-,31?,32?,33+,34-/m1/s1. The molecule has 0 aliphatic heterocycles. The van der Waals surface area contributed by atoms with Crippen LogP contribution in [0.5, 0.6) is 0 Å². The van der Waals surface area contributed by atoms with Crippen molar-refractivity contribution in [3.05, 3.63) is 0 Å². The molecule has 4 fully saturated rings. The highest BCUT2D eigenvalue weighted by molar-refractivity contribution is 7.80. The maximum atomic E-state index is 11.8. The average molecular weight is 644 g/mol. The Morgan fingerprint density at radius 2 is 1.68 bits per heavy atom. The van der Waals surface area contributed by atoms with Gasteiger partial charge in [0.2, 0.25) is 0 Å². The first-order valence-electron chi connectivity index (χ1n) is 17.9. The van der Waals surface area contributed by atoms with Crippen molar-refractivity contribution >= 4 is 10.4 Å². The van der Waals surface area contributed by atoms with Crippen LogP contribution in [-0.4, -0.2) is 73.7 Å². The summed E-state index contributed by atoms with van der Waals surface area (Å²) in [5.41, 5.74) is 4.81. The summed E-state index contributed by atoms with van der Waals surface area (Å²) in [7, 11) is -4.62. The summed E-state index contributed by atoms with van der Waals surface area (Å²) in [6, 6.07) is 0.565. The van der Waals surface area contributed by atoms with Gasteiger partial charge in [0.1, 0.15) is 5.60 Å². The molecule has 0 aromatic carbocycles. The van der Waals surface area contributed by atoms with Crippen LogP contribution in [0.1, 0.15) is 118 Å². The number of nitrogens with two attached hydrogens (primary N) is 1. The molecule has 0 bridgehead atoms. The van der Waals surface area contributed by atoms with E-state index in [-0.39, 0.29) is 11.5 Å². The lowest BCUT2D eigenvalue weighted by Gasteiger charge is -2.62. The molecule has 44 heavy (non-hydrogen) atoms. The van der Waals surface area contributed by atoms with Crippen molar-refractivity contribution in [3.8, 4) is 0 Å². The summed E-state index contributed by atoms with van der Waals surface area (Å²) >= 11 is 0. The first kappa shape index (κ1) is 36.5. The average Bonchev–Trinajstić information content (AvgIpc) is 3.31. The zero-order valence-electron chi connectivity index (χ0n) is 28.1. The first-order chi connectivity index (χ1) is 20.8.